The number of hydrogen-bond acceptors (Lipinski definition) is 2. The fourth-order valence-electron chi connectivity index (χ4n) is 1.75. The Bertz CT molecular complexity index is 311. The van der Waals surface area contributed by atoms with Crippen molar-refractivity contribution in [3.05, 3.63) is 29.8 Å². The van der Waals surface area contributed by atoms with Gasteiger partial charge in [0.15, 0.2) is 0 Å². The lowest BCUT2D eigenvalue weighted by Crippen LogP contribution is -2.25. The van der Waals surface area contributed by atoms with E-state index in [0.29, 0.717) is 0 Å². The first-order valence-electron chi connectivity index (χ1n) is 6.01. The molecule has 1 aromatic carbocycles. The SMILES string of the molecule is CCN(CCC(C)SC)c1cccc(C)c1. The molecular weight excluding hydrogens is 214 g/mol. The monoisotopic (exact) mass is 237 g/mol. The summed E-state index contributed by atoms with van der Waals surface area (Å²) in [6.45, 7) is 8.93. The van der Waals surface area contributed by atoms with Gasteiger partial charge in [0.05, 0.1) is 0 Å². The van der Waals surface area contributed by atoms with Crippen molar-refractivity contribution in [3.63, 3.8) is 0 Å². The van der Waals surface area contributed by atoms with E-state index in [2.05, 4.69) is 56.2 Å². The molecule has 0 bridgehead atoms. The van der Waals surface area contributed by atoms with Gasteiger partial charge in [0.1, 0.15) is 0 Å². The molecule has 0 fully saturated rings. The average Bonchev–Trinajstić information content (AvgIpc) is 2.29. The Balaban J connectivity index is 2.60. The van der Waals surface area contributed by atoms with Gasteiger partial charge in [-0.15, -0.1) is 0 Å². The van der Waals surface area contributed by atoms with Crippen LogP contribution in [0.3, 0.4) is 0 Å². The van der Waals surface area contributed by atoms with E-state index in [1.165, 1.54) is 17.7 Å². The summed E-state index contributed by atoms with van der Waals surface area (Å²) in [5, 5.41) is 0.749. The van der Waals surface area contributed by atoms with Crippen LogP contribution in [0.5, 0.6) is 0 Å². The van der Waals surface area contributed by atoms with Crippen LogP contribution in [0.15, 0.2) is 24.3 Å². The highest BCUT2D eigenvalue weighted by molar-refractivity contribution is 7.99. The van der Waals surface area contributed by atoms with Gasteiger partial charge in [-0.25, -0.2) is 0 Å². The molecule has 0 aliphatic carbocycles. The minimum absolute atomic E-state index is 0.749. The van der Waals surface area contributed by atoms with Crippen LogP contribution in [-0.2, 0) is 0 Å². The van der Waals surface area contributed by atoms with Gasteiger partial charge in [0.25, 0.3) is 0 Å². The third-order valence-corrected chi connectivity index (χ3v) is 4.00. The summed E-state index contributed by atoms with van der Waals surface area (Å²) in [5.74, 6) is 0. The van der Waals surface area contributed by atoms with E-state index in [1.54, 1.807) is 0 Å². The lowest BCUT2D eigenvalue weighted by Gasteiger charge is -2.24. The Labute approximate surface area is 104 Å². The first-order valence-corrected chi connectivity index (χ1v) is 7.30. The summed E-state index contributed by atoms with van der Waals surface area (Å²) >= 11 is 1.95. The molecule has 0 heterocycles. The Morgan fingerprint density at radius 2 is 2.12 bits per heavy atom. The second-order valence-electron chi connectivity index (χ2n) is 4.25. The lowest BCUT2D eigenvalue weighted by molar-refractivity contribution is 0.743. The predicted molar refractivity (Wildman–Crippen MR) is 76.7 cm³/mol. The molecule has 90 valence electrons. The molecule has 1 nitrogen and oxygen atoms in total. The van der Waals surface area contributed by atoms with Gasteiger partial charge >= 0.3 is 0 Å². The molecule has 1 rings (SSSR count). The fourth-order valence-corrected chi connectivity index (χ4v) is 2.09. The van der Waals surface area contributed by atoms with Crippen LogP contribution < -0.4 is 4.90 Å². The highest BCUT2D eigenvalue weighted by Crippen LogP contribution is 2.18. The van der Waals surface area contributed by atoms with Crippen molar-refractivity contribution in [2.45, 2.75) is 32.4 Å². The number of rotatable bonds is 6. The van der Waals surface area contributed by atoms with E-state index in [1.807, 2.05) is 11.8 Å². The van der Waals surface area contributed by atoms with E-state index in [4.69, 9.17) is 0 Å². The predicted octanol–water partition coefficient (Wildman–Crippen LogP) is 3.96. The third-order valence-electron chi connectivity index (χ3n) is 2.96. The molecule has 0 saturated heterocycles. The zero-order chi connectivity index (χ0) is 12.0. The summed E-state index contributed by atoms with van der Waals surface area (Å²) in [7, 11) is 0. The summed E-state index contributed by atoms with van der Waals surface area (Å²) in [6, 6.07) is 8.78. The maximum atomic E-state index is 2.46. The Morgan fingerprint density at radius 1 is 1.38 bits per heavy atom. The minimum atomic E-state index is 0.749. The summed E-state index contributed by atoms with van der Waals surface area (Å²) < 4.78 is 0. The summed E-state index contributed by atoms with van der Waals surface area (Å²) in [4.78, 5) is 2.46. The lowest BCUT2D eigenvalue weighted by atomic mass is 10.2. The van der Waals surface area contributed by atoms with Crippen LogP contribution in [0.25, 0.3) is 0 Å². The maximum Gasteiger partial charge on any atom is 0.0368 e. The van der Waals surface area contributed by atoms with Crippen molar-refractivity contribution in [1.29, 1.82) is 0 Å². The van der Waals surface area contributed by atoms with Crippen molar-refractivity contribution in [2.75, 3.05) is 24.2 Å². The third kappa shape index (κ3) is 4.09. The van der Waals surface area contributed by atoms with Crippen LogP contribution in [-0.4, -0.2) is 24.6 Å². The number of thioether (sulfide) groups is 1. The van der Waals surface area contributed by atoms with Gasteiger partial charge in [-0.05, 0) is 44.2 Å². The van der Waals surface area contributed by atoms with E-state index < -0.39 is 0 Å². The zero-order valence-corrected chi connectivity index (χ0v) is 11.7. The number of aryl methyl sites for hydroxylation is 1. The van der Waals surface area contributed by atoms with E-state index in [0.717, 1.165) is 18.3 Å². The smallest absolute Gasteiger partial charge is 0.0368 e. The Hall–Kier alpha value is -0.630. The van der Waals surface area contributed by atoms with E-state index >= 15 is 0 Å². The van der Waals surface area contributed by atoms with Gasteiger partial charge in [-0.2, -0.15) is 11.8 Å². The largest absolute Gasteiger partial charge is 0.372 e. The van der Waals surface area contributed by atoms with Crippen molar-refractivity contribution < 1.29 is 0 Å². The average molecular weight is 237 g/mol. The molecule has 0 N–H and O–H groups in total. The van der Waals surface area contributed by atoms with Gasteiger partial charge in [-0.1, -0.05) is 19.1 Å². The molecule has 16 heavy (non-hydrogen) atoms. The van der Waals surface area contributed by atoms with Crippen LogP contribution in [0, 0.1) is 6.92 Å². The summed E-state index contributed by atoms with van der Waals surface area (Å²) in [5.41, 5.74) is 2.70. The number of benzene rings is 1. The molecular formula is C14H23NS. The zero-order valence-electron chi connectivity index (χ0n) is 10.9. The molecule has 1 atom stereocenters. The standard InChI is InChI=1S/C14H23NS/c1-5-15(10-9-13(3)16-4)14-8-6-7-12(2)11-14/h6-8,11,13H,5,9-10H2,1-4H3. The molecule has 2 heteroatoms. The molecule has 0 aliphatic rings. The van der Waals surface area contributed by atoms with Crippen LogP contribution in [0.4, 0.5) is 5.69 Å². The van der Waals surface area contributed by atoms with E-state index in [9.17, 15) is 0 Å². The second kappa shape index (κ2) is 6.85. The number of nitrogens with zero attached hydrogens (tertiary/aromatic N) is 1. The van der Waals surface area contributed by atoms with Gasteiger partial charge in [-0.3, -0.25) is 0 Å². The topological polar surface area (TPSA) is 3.24 Å². The van der Waals surface area contributed by atoms with Gasteiger partial charge < -0.3 is 4.90 Å². The van der Waals surface area contributed by atoms with Crippen LogP contribution >= 0.6 is 11.8 Å². The molecule has 1 unspecified atom stereocenters. The van der Waals surface area contributed by atoms with Crippen molar-refractivity contribution in [1.82, 2.24) is 0 Å². The second-order valence-corrected chi connectivity index (χ2v) is 5.53. The Kier molecular flexibility index (Phi) is 5.75. The molecule has 0 aromatic heterocycles. The van der Waals surface area contributed by atoms with Crippen molar-refractivity contribution in [3.8, 4) is 0 Å². The normalized spacial score (nSPS) is 12.5. The van der Waals surface area contributed by atoms with Crippen molar-refractivity contribution >= 4 is 17.4 Å². The molecule has 0 saturated carbocycles. The number of anilines is 1. The number of hydrogen-bond donors (Lipinski definition) is 0. The van der Waals surface area contributed by atoms with Crippen molar-refractivity contribution in [2.24, 2.45) is 0 Å². The molecule has 1 aromatic rings. The first-order chi connectivity index (χ1) is 7.67. The van der Waals surface area contributed by atoms with Gasteiger partial charge in [0, 0.05) is 24.0 Å². The fraction of sp³-hybridized carbons (Fsp3) is 0.571. The minimum Gasteiger partial charge on any atom is -0.372 e. The Morgan fingerprint density at radius 3 is 2.69 bits per heavy atom. The maximum absolute atomic E-state index is 2.46. The highest BCUT2D eigenvalue weighted by Gasteiger charge is 2.06. The van der Waals surface area contributed by atoms with Gasteiger partial charge in [0.2, 0.25) is 0 Å². The molecule has 0 radical (unpaired) electrons. The quantitative estimate of drug-likeness (QED) is 0.736. The van der Waals surface area contributed by atoms with Crippen LogP contribution in [0.1, 0.15) is 25.8 Å². The highest BCUT2D eigenvalue weighted by atomic mass is 32.2. The first kappa shape index (κ1) is 13.4. The van der Waals surface area contributed by atoms with Crippen LogP contribution in [0.2, 0.25) is 0 Å². The molecule has 0 spiro atoms. The van der Waals surface area contributed by atoms with E-state index in [-0.39, 0.29) is 0 Å². The molecule has 0 amide bonds. The summed E-state index contributed by atoms with van der Waals surface area (Å²) in [6.07, 6.45) is 3.44. The molecule has 0 aliphatic heterocycles.